The van der Waals surface area contributed by atoms with E-state index in [4.69, 9.17) is 30.1 Å². The van der Waals surface area contributed by atoms with Crippen LogP contribution in [0.5, 0.6) is 5.75 Å². The van der Waals surface area contributed by atoms with Crippen LogP contribution in [0.2, 0.25) is 0 Å². The second-order valence-corrected chi connectivity index (χ2v) is 9.64. The number of ether oxygens (including phenoxy) is 5. The molecule has 37 heavy (non-hydrogen) atoms. The number of amides is 1. The van der Waals surface area contributed by atoms with Crippen LogP contribution in [-0.4, -0.2) is 74.5 Å². The normalized spacial score (nSPS) is 18.9. The third-order valence-electron chi connectivity index (χ3n) is 5.96. The van der Waals surface area contributed by atoms with Gasteiger partial charge in [-0.3, -0.25) is 14.4 Å². The van der Waals surface area contributed by atoms with Crippen molar-refractivity contribution in [2.24, 2.45) is 5.92 Å². The molecule has 0 bridgehead atoms. The summed E-state index contributed by atoms with van der Waals surface area (Å²) in [5.41, 5.74) is 0.291. The van der Waals surface area contributed by atoms with Crippen molar-refractivity contribution in [1.82, 2.24) is 4.90 Å². The van der Waals surface area contributed by atoms with Crippen LogP contribution in [0, 0.1) is 18.3 Å². The van der Waals surface area contributed by atoms with E-state index in [1.54, 1.807) is 39.0 Å². The Hall–Kier alpha value is -3.74. The van der Waals surface area contributed by atoms with E-state index < -0.39 is 47.7 Å². The van der Waals surface area contributed by atoms with Gasteiger partial charge in [-0.2, -0.15) is 0 Å². The van der Waals surface area contributed by atoms with Crippen LogP contribution in [0.4, 0.5) is 4.79 Å². The zero-order valence-electron chi connectivity index (χ0n) is 22.2. The van der Waals surface area contributed by atoms with Crippen molar-refractivity contribution >= 4 is 24.0 Å². The maximum atomic E-state index is 13.1. The zero-order valence-corrected chi connectivity index (χ0v) is 22.2. The predicted molar refractivity (Wildman–Crippen MR) is 133 cm³/mol. The molecule has 0 spiro atoms. The number of carbonyl (C=O) groups excluding carboxylic acids is 4. The first-order chi connectivity index (χ1) is 17.4. The highest BCUT2D eigenvalue weighted by molar-refractivity contribution is 5.75. The fraction of sp³-hybridized carbons (Fsp3) is 0.556. The fourth-order valence-electron chi connectivity index (χ4n) is 4.19. The predicted octanol–water partition coefficient (Wildman–Crippen LogP) is 2.88. The molecular formula is C27H35NO9. The molecule has 0 radical (unpaired) electrons. The smallest absolute Gasteiger partial charge is 0.410 e. The third kappa shape index (κ3) is 8.41. The van der Waals surface area contributed by atoms with Crippen molar-refractivity contribution in [3.63, 3.8) is 0 Å². The summed E-state index contributed by atoms with van der Waals surface area (Å²) < 4.78 is 26.4. The molecular weight excluding hydrogens is 482 g/mol. The number of hydrogen-bond donors (Lipinski definition) is 0. The summed E-state index contributed by atoms with van der Waals surface area (Å²) in [6.45, 7) is 5.30. The number of likely N-dealkylation sites (tertiary alicyclic amines) is 1. The Morgan fingerprint density at radius 1 is 1.03 bits per heavy atom. The van der Waals surface area contributed by atoms with Crippen molar-refractivity contribution in [1.29, 1.82) is 0 Å². The molecule has 0 aliphatic carbocycles. The molecule has 1 saturated heterocycles. The molecule has 0 N–H and O–H groups in total. The first kappa shape index (κ1) is 29.5. The van der Waals surface area contributed by atoms with Crippen molar-refractivity contribution in [2.45, 2.75) is 64.2 Å². The number of benzene rings is 1. The van der Waals surface area contributed by atoms with Crippen LogP contribution in [0.15, 0.2) is 18.2 Å². The highest BCUT2D eigenvalue weighted by Gasteiger charge is 2.47. The van der Waals surface area contributed by atoms with E-state index in [9.17, 15) is 19.2 Å². The van der Waals surface area contributed by atoms with Gasteiger partial charge in [-0.25, -0.2) is 4.79 Å². The Kier molecular flexibility index (Phi) is 10.4. The minimum absolute atomic E-state index is 0.0475. The first-order valence-electron chi connectivity index (χ1n) is 11.9. The average molecular weight is 518 g/mol. The molecule has 1 aromatic rings. The lowest BCUT2D eigenvalue weighted by atomic mass is 9.90. The second kappa shape index (κ2) is 13.0. The number of terminal acetylenes is 1. The van der Waals surface area contributed by atoms with Gasteiger partial charge in [-0.05, 0) is 45.4 Å². The SMILES string of the molecule is C#Cc1ccc(OC2CN(C(=O)OC(C)(C)C)C(CC(=O)OC)[C@H]2CCC(=O)OC)c(CC(=O)OC)c1. The molecule has 1 aromatic carbocycles. The van der Waals surface area contributed by atoms with Crippen molar-refractivity contribution < 1.29 is 42.9 Å². The minimum Gasteiger partial charge on any atom is -0.488 e. The van der Waals surface area contributed by atoms with E-state index in [1.807, 2.05) is 0 Å². The van der Waals surface area contributed by atoms with Crippen LogP contribution in [0.3, 0.4) is 0 Å². The van der Waals surface area contributed by atoms with Gasteiger partial charge in [0.15, 0.2) is 0 Å². The molecule has 202 valence electrons. The molecule has 0 saturated carbocycles. The van der Waals surface area contributed by atoms with Gasteiger partial charge in [0.2, 0.25) is 0 Å². The van der Waals surface area contributed by atoms with E-state index in [1.165, 1.54) is 26.2 Å². The van der Waals surface area contributed by atoms with E-state index in [-0.39, 0.29) is 32.2 Å². The standard InChI is InChI=1S/C27H35NO9/c1-8-17-9-11-21(18(13-17)14-24(30)34-6)36-22-16-28(26(32)37-27(2,3)4)20(15-25(31)35-7)19(22)10-12-23(29)33-5/h1,9,11,13,19-20,22H,10,12,14-16H2,2-7H3/t19-,20?,22?/m1/s1. The number of nitrogens with zero attached hydrogens (tertiary/aromatic N) is 1. The minimum atomic E-state index is -0.772. The maximum Gasteiger partial charge on any atom is 0.410 e. The first-order valence-corrected chi connectivity index (χ1v) is 11.9. The summed E-state index contributed by atoms with van der Waals surface area (Å²) in [5, 5.41) is 0. The van der Waals surface area contributed by atoms with Gasteiger partial charge in [-0.15, -0.1) is 6.42 Å². The van der Waals surface area contributed by atoms with Gasteiger partial charge < -0.3 is 28.6 Å². The summed E-state index contributed by atoms with van der Waals surface area (Å²) in [7, 11) is 3.83. The Balaban J connectivity index is 2.47. The number of esters is 3. The Morgan fingerprint density at radius 2 is 1.68 bits per heavy atom. The third-order valence-corrected chi connectivity index (χ3v) is 5.96. The molecule has 1 fully saturated rings. The summed E-state index contributed by atoms with van der Waals surface area (Å²) >= 11 is 0. The quantitative estimate of drug-likeness (QED) is 0.277. The van der Waals surface area contributed by atoms with Gasteiger partial charge in [0.05, 0.1) is 46.8 Å². The molecule has 1 aliphatic rings. The summed E-state index contributed by atoms with van der Waals surface area (Å²) in [6.07, 6.45) is 4.39. The molecule has 1 aliphatic heterocycles. The molecule has 0 aromatic heterocycles. The highest BCUT2D eigenvalue weighted by Crippen LogP contribution is 2.36. The number of hydrogen-bond acceptors (Lipinski definition) is 9. The van der Waals surface area contributed by atoms with Gasteiger partial charge in [0, 0.05) is 23.5 Å². The monoisotopic (exact) mass is 517 g/mol. The van der Waals surface area contributed by atoms with Crippen LogP contribution in [-0.2, 0) is 39.8 Å². The van der Waals surface area contributed by atoms with Crippen LogP contribution >= 0.6 is 0 Å². The molecule has 1 amide bonds. The lowest BCUT2D eigenvalue weighted by Crippen LogP contribution is -2.42. The topological polar surface area (TPSA) is 118 Å². The van der Waals surface area contributed by atoms with E-state index in [0.29, 0.717) is 16.9 Å². The Morgan fingerprint density at radius 3 is 2.24 bits per heavy atom. The molecule has 1 heterocycles. The lowest BCUT2D eigenvalue weighted by molar-refractivity contribution is -0.142. The zero-order chi connectivity index (χ0) is 27.8. The van der Waals surface area contributed by atoms with E-state index >= 15 is 0 Å². The van der Waals surface area contributed by atoms with Gasteiger partial charge >= 0.3 is 24.0 Å². The highest BCUT2D eigenvalue weighted by atomic mass is 16.6. The molecule has 2 rings (SSSR count). The van der Waals surface area contributed by atoms with E-state index in [0.717, 1.165) is 0 Å². The van der Waals surface area contributed by atoms with Crippen molar-refractivity contribution in [3.05, 3.63) is 29.3 Å². The number of methoxy groups -OCH3 is 3. The fourth-order valence-corrected chi connectivity index (χ4v) is 4.19. The maximum absolute atomic E-state index is 13.1. The van der Waals surface area contributed by atoms with Crippen molar-refractivity contribution in [2.75, 3.05) is 27.9 Å². The van der Waals surface area contributed by atoms with Crippen LogP contribution < -0.4 is 4.74 Å². The van der Waals surface area contributed by atoms with E-state index in [2.05, 4.69) is 5.92 Å². The summed E-state index contributed by atoms with van der Waals surface area (Å²) in [5.74, 6) is 1.01. The van der Waals surface area contributed by atoms with Crippen LogP contribution in [0.1, 0.15) is 51.2 Å². The number of rotatable bonds is 9. The average Bonchev–Trinajstić information content (AvgIpc) is 3.18. The summed E-state index contributed by atoms with van der Waals surface area (Å²) in [6, 6.07) is 4.32. The van der Waals surface area contributed by atoms with Gasteiger partial charge in [0.25, 0.3) is 0 Å². The largest absolute Gasteiger partial charge is 0.488 e. The number of carbonyl (C=O) groups is 4. The lowest BCUT2D eigenvalue weighted by Gasteiger charge is -2.29. The molecule has 3 atom stereocenters. The Labute approximate surface area is 217 Å². The van der Waals surface area contributed by atoms with Gasteiger partial charge in [0.1, 0.15) is 17.5 Å². The molecule has 10 heteroatoms. The van der Waals surface area contributed by atoms with Crippen LogP contribution in [0.25, 0.3) is 0 Å². The Bertz CT molecular complexity index is 1040. The summed E-state index contributed by atoms with van der Waals surface area (Å²) in [4.78, 5) is 50.9. The second-order valence-electron chi connectivity index (χ2n) is 9.64. The molecule has 2 unspecified atom stereocenters. The molecule has 10 nitrogen and oxygen atoms in total. The van der Waals surface area contributed by atoms with Gasteiger partial charge in [-0.1, -0.05) is 5.92 Å². The van der Waals surface area contributed by atoms with Crippen molar-refractivity contribution in [3.8, 4) is 18.1 Å².